The van der Waals surface area contributed by atoms with Crippen LogP contribution in [0.15, 0.2) is 56.3 Å². The second-order valence-electron chi connectivity index (χ2n) is 3.91. The first-order chi connectivity index (χ1) is 9.42. The Kier molecular flexibility index (Phi) is 4.72. The van der Waals surface area contributed by atoms with Crippen LogP contribution in [0.3, 0.4) is 0 Å². The van der Waals surface area contributed by atoms with Crippen LogP contribution >= 0.6 is 31.9 Å². The van der Waals surface area contributed by atoms with Crippen LogP contribution in [0.5, 0.6) is 5.75 Å². The summed E-state index contributed by atoms with van der Waals surface area (Å²) in [5.41, 5.74) is 0.435. The lowest BCUT2D eigenvalue weighted by molar-refractivity contribution is 0.412. The Bertz CT molecular complexity index is 732. The molecule has 4 nitrogen and oxygen atoms in total. The van der Waals surface area contributed by atoms with Crippen molar-refractivity contribution < 1.29 is 13.2 Å². The highest BCUT2D eigenvalue weighted by atomic mass is 79.9. The molecule has 20 heavy (non-hydrogen) atoms. The maximum absolute atomic E-state index is 12.3. The van der Waals surface area contributed by atoms with Gasteiger partial charge in [-0.05, 0) is 46.3 Å². The molecule has 0 aliphatic heterocycles. The van der Waals surface area contributed by atoms with E-state index in [1.807, 2.05) is 0 Å². The van der Waals surface area contributed by atoms with Gasteiger partial charge in [-0.1, -0.05) is 22.0 Å². The molecule has 7 heteroatoms. The monoisotopic (exact) mass is 419 g/mol. The van der Waals surface area contributed by atoms with Gasteiger partial charge in [0.1, 0.15) is 5.75 Å². The molecule has 106 valence electrons. The molecule has 0 saturated heterocycles. The van der Waals surface area contributed by atoms with Gasteiger partial charge in [0.05, 0.1) is 22.2 Å². The van der Waals surface area contributed by atoms with Crippen molar-refractivity contribution in [1.82, 2.24) is 0 Å². The van der Waals surface area contributed by atoms with Crippen LogP contribution in [0.25, 0.3) is 0 Å². The van der Waals surface area contributed by atoms with Crippen molar-refractivity contribution in [2.24, 2.45) is 0 Å². The second kappa shape index (κ2) is 6.15. The van der Waals surface area contributed by atoms with Crippen molar-refractivity contribution in [3.8, 4) is 5.75 Å². The minimum atomic E-state index is -3.62. The third-order valence-corrected chi connectivity index (χ3v) is 5.04. The molecule has 2 aromatic rings. The number of rotatable bonds is 4. The molecule has 0 atom stereocenters. The zero-order valence-corrected chi connectivity index (χ0v) is 14.4. The zero-order valence-electron chi connectivity index (χ0n) is 10.4. The number of methoxy groups -OCH3 is 1. The number of anilines is 1. The fourth-order valence-corrected chi connectivity index (χ4v) is 3.63. The van der Waals surface area contributed by atoms with Gasteiger partial charge in [-0.15, -0.1) is 0 Å². The summed E-state index contributed by atoms with van der Waals surface area (Å²) in [6.45, 7) is 0. The van der Waals surface area contributed by atoms with Gasteiger partial charge in [-0.2, -0.15) is 0 Å². The van der Waals surface area contributed by atoms with Crippen molar-refractivity contribution in [3.63, 3.8) is 0 Å². The Morgan fingerprint density at radius 1 is 1.10 bits per heavy atom. The molecule has 0 heterocycles. The lowest BCUT2D eigenvalue weighted by Crippen LogP contribution is -2.12. The summed E-state index contributed by atoms with van der Waals surface area (Å²) in [4.78, 5) is 0.189. The van der Waals surface area contributed by atoms with E-state index in [-0.39, 0.29) is 4.90 Å². The largest absolute Gasteiger partial charge is 0.495 e. The van der Waals surface area contributed by atoms with Gasteiger partial charge >= 0.3 is 0 Å². The minimum Gasteiger partial charge on any atom is -0.495 e. The Balaban J connectivity index is 2.33. The minimum absolute atomic E-state index is 0.189. The first-order valence-corrected chi connectivity index (χ1v) is 8.61. The van der Waals surface area contributed by atoms with Crippen LogP contribution in [-0.4, -0.2) is 15.5 Å². The van der Waals surface area contributed by atoms with E-state index in [1.165, 1.54) is 13.2 Å². The van der Waals surface area contributed by atoms with Crippen LogP contribution < -0.4 is 9.46 Å². The third-order valence-electron chi connectivity index (χ3n) is 2.51. The summed E-state index contributed by atoms with van der Waals surface area (Å²) in [5.74, 6) is 0.555. The highest BCUT2D eigenvalue weighted by Crippen LogP contribution is 2.29. The predicted octanol–water partition coefficient (Wildman–Crippen LogP) is 4.02. The molecule has 2 rings (SSSR count). The molecule has 0 bridgehead atoms. The molecule has 0 aliphatic rings. The lowest BCUT2D eigenvalue weighted by Gasteiger charge is -2.10. The number of sulfonamides is 1. The number of halogens is 2. The number of hydrogen-bond acceptors (Lipinski definition) is 3. The number of benzene rings is 2. The van der Waals surface area contributed by atoms with Gasteiger partial charge in [-0.3, -0.25) is 4.72 Å². The average molecular weight is 421 g/mol. The Morgan fingerprint density at radius 3 is 2.50 bits per heavy atom. The van der Waals surface area contributed by atoms with Crippen molar-refractivity contribution in [3.05, 3.63) is 51.4 Å². The quantitative estimate of drug-likeness (QED) is 0.812. The smallest absolute Gasteiger partial charge is 0.261 e. The molecule has 0 radical (unpaired) electrons. The summed E-state index contributed by atoms with van der Waals surface area (Å²) in [6, 6.07) is 11.5. The van der Waals surface area contributed by atoms with Crippen LogP contribution in [-0.2, 0) is 10.0 Å². The number of nitrogens with one attached hydrogen (secondary N) is 1. The van der Waals surface area contributed by atoms with Crippen LogP contribution in [0.4, 0.5) is 5.69 Å². The van der Waals surface area contributed by atoms with E-state index in [4.69, 9.17) is 4.74 Å². The Morgan fingerprint density at radius 2 is 1.85 bits per heavy atom. The van der Waals surface area contributed by atoms with Gasteiger partial charge in [-0.25, -0.2) is 8.42 Å². The van der Waals surface area contributed by atoms with E-state index in [2.05, 4.69) is 36.6 Å². The van der Waals surface area contributed by atoms with E-state index < -0.39 is 10.0 Å². The standard InChI is InChI=1S/C13H11Br2NO3S/c1-19-13-8-10(5-6-12(13)15)16-20(17,18)11-4-2-3-9(14)7-11/h2-8,16H,1H3. The SMILES string of the molecule is COc1cc(NS(=O)(=O)c2cccc(Br)c2)ccc1Br. The van der Waals surface area contributed by atoms with Gasteiger partial charge in [0.15, 0.2) is 0 Å². The first kappa shape index (κ1) is 15.3. The second-order valence-corrected chi connectivity index (χ2v) is 7.36. The first-order valence-electron chi connectivity index (χ1n) is 5.54. The van der Waals surface area contributed by atoms with Crippen molar-refractivity contribution in [1.29, 1.82) is 0 Å². The molecule has 0 spiro atoms. The van der Waals surface area contributed by atoms with Gasteiger partial charge in [0.25, 0.3) is 10.0 Å². The van der Waals surface area contributed by atoms with E-state index >= 15 is 0 Å². The van der Waals surface area contributed by atoms with Gasteiger partial charge < -0.3 is 4.74 Å². The van der Waals surface area contributed by atoms with Crippen molar-refractivity contribution in [2.75, 3.05) is 11.8 Å². The van der Waals surface area contributed by atoms with Crippen LogP contribution in [0.2, 0.25) is 0 Å². The van der Waals surface area contributed by atoms with Gasteiger partial charge in [0, 0.05) is 10.5 Å². The zero-order chi connectivity index (χ0) is 14.8. The predicted molar refractivity (Wildman–Crippen MR) is 85.6 cm³/mol. The molecule has 0 saturated carbocycles. The maximum Gasteiger partial charge on any atom is 0.261 e. The summed E-state index contributed by atoms with van der Waals surface area (Å²) < 4.78 is 33.6. The average Bonchev–Trinajstić information content (AvgIpc) is 2.40. The topological polar surface area (TPSA) is 55.4 Å². The summed E-state index contributed by atoms with van der Waals surface area (Å²) >= 11 is 6.57. The fraction of sp³-hybridized carbons (Fsp3) is 0.0769. The number of ether oxygens (including phenoxy) is 1. The summed E-state index contributed by atoms with van der Waals surface area (Å²) in [5, 5.41) is 0. The third kappa shape index (κ3) is 3.53. The highest BCUT2D eigenvalue weighted by Gasteiger charge is 2.15. The molecule has 0 aliphatic carbocycles. The van der Waals surface area contributed by atoms with Crippen molar-refractivity contribution in [2.45, 2.75) is 4.90 Å². The van der Waals surface area contributed by atoms with E-state index in [0.29, 0.717) is 15.9 Å². The van der Waals surface area contributed by atoms with Crippen LogP contribution in [0.1, 0.15) is 0 Å². The molecule has 2 aromatic carbocycles. The summed E-state index contributed by atoms with van der Waals surface area (Å²) in [6.07, 6.45) is 0. The van der Waals surface area contributed by atoms with Crippen LogP contribution in [0, 0.1) is 0 Å². The van der Waals surface area contributed by atoms with E-state index in [0.717, 1.165) is 4.47 Å². The highest BCUT2D eigenvalue weighted by molar-refractivity contribution is 9.10. The molecule has 1 N–H and O–H groups in total. The molecular formula is C13H11Br2NO3S. The molecule has 0 fully saturated rings. The maximum atomic E-state index is 12.3. The lowest BCUT2D eigenvalue weighted by atomic mass is 10.3. The molecule has 0 unspecified atom stereocenters. The summed E-state index contributed by atoms with van der Waals surface area (Å²) in [7, 11) is -2.10. The van der Waals surface area contributed by atoms with E-state index in [9.17, 15) is 8.42 Å². The van der Waals surface area contributed by atoms with Gasteiger partial charge in [0.2, 0.25) is 0 Å². The van der Waals surface area contributed by atoms with E-state index in [1.54, 1.807) is 36.4 Å². The molecule has 0 amide bonds. The fourth-order valence-electron chi connectivity index (χ4n) is 1.57. The Hall–Kier alpha value is -1.05. The Labute approximate surface area is 134 Å². The molecule has 0 aromatic heterocycles. The molecular weight excluding hydrogens is 410 g/mol. The normalized spacial score (nSPS) is 11.2. The van der Waals surface area contributed by atoms with Crippen molar-refractivity contribution >= 4 is 47.6 Å². The number of hydrogen-bond donors (Lipinski definition) is 1.